The van der Waals surface area contributed by atoms with Crippen LogP contribution < -0.4 is 5.32 Å². The first-order valence-electron chi connectivity index (χ1n) is 8.21. The van der Waals surface area contributed by atoms with Gasteiger partial charge in [0.15, 0.2) is 0 Å². The molecule has 0 saturated carbocycles. The fraction of sp³-hybridized carbons (Fsp3) is 0.611. The summed E-state index contributed by atoms with van der Waals surface area (Å²) >= 11 is 0. The minimum atomic E-state index is -0.332. The van der Waals surface area contributed by atoms with E-state index in [-0.39, 0.29) is 12.0 Å². The van der Waals surface area contributed by atoms with E-state index in [9.17, 15) is 9.90 Å². The van der Waals surface area contributed by atoms with Gasteiger partial charge >= 0.3 is 0 Å². The molecule has 0 aliphatic carbocycles. The quantitative estimate of drug-likeness (QED) is 0.613. The molecule has 118 valence electrons. The van der Waals surface area contributed by atoms with E-state index in [0.29, 0.717) is 19.4 Å². The van der Waals surface area contributed by atoms with Gasteiger partial charge in [-0.05, 0) is 24.8 Å². The highest BCUT2D eigenvalue weighted by atomic mass is 16.3. The molecule has 1 aromatic rings. The summed E-state index contributed by atoms with van der Waals surface area (Å²) in [5, 5.41) is 12.7. The van der Waals surface area contributed by atoms with Crippen LogP contribution in [0.25, 0.3) is 0 Å². The molecule has 0 radical (unpaired) electrons. The Balaban J connectivity index is 2.03. The van der Waals surface area contributed by atoms with E-state index < -0.39 is 0 Å². The first-order chi connectivity index (χ1) is 10.2. The minimum Gasteiger partial charge on any atom is -0.393 e. The molecule has 0 aliphatic heterocycles. The van der Waals surface area contributed by atoms with Gasteiger partial charge in [-0.1, -0.05) is 62.9 Å². The molecular formula is C18H29NO2. The molecule has 0 aromatic heterocycles. The van der Waals surface area contributed by atoms with Crippen molar-refractivity contribution in [1.29, 1.82) is 0 Å². The van der Waals surface area contributed by atoms with E-state index in [1.165, 1.54) is 24.8 Å². The third kappa shape index (κ3) is 9.24. The molecule has 3 heteroatoms. The SMILES string of the molecule is CCCCCCC(O)CCC(=O)NCCc1ccccc1. The van der Waals surface area contributed by atoms with Crippen molar-refractivity contribution in [2.24, 2.45) is 0 Å². The van der Waals surface area contributed by atoms with E-state index in [2.05, 4.69) is 24.4 Å². The van der Waals surface area contributed by atoms with Crippen LogP contribution in [-0.2, 0) is 11.2 Å². The van der Waals surface area contributed by atoms with Gasteiger partial charge in [0.25, 0.3) is 0 Å². The summed E-state index contributed by atoms with van der Waals surface area (Å²) in [4.78, 5) is 11.7. The summed E-state index contributed by atoms with van der Waals surface area (Å²) < 4.78 is 0. The highest BCUT2D eigenvalue weighted by Crippen LogP contribution is 2.09. The number of aliphatic hydroxyl groups is 1. The number of hydrogen-bond acceptors (Lipinski definition) is 2. The third-order valence-corrected chi connectivity index (χ3v) is 3.67. The maximum atomic E-state index is 11.7. The molecule has 0 aliphatic rings. The Morgan fingerprint density at radius 3 is 2.62 bits per heavy atom. The molecule has 1 unspecified atom stereocenters. The molecule has 0 fully saturated rings. The predicted octanol–water partition coefficient (Wildman–Crippen LogP) is 3.46. The molecule has 1 rings (SSSR count). The molecule has 2 N–H and O–H groups in total. The first kappa shape index (κ1) is 17.7. The Bertz CT molecular complexity index is 378. The van der Waals surface area contributed by atoms with Crippen molar-refractivity contribution in [3.63, 3.8) is 0 Å². The summed E-state index contributed by atoms with van der Waals surface area (Å²) in [6.07, 6.45) is 7.01. The van der Waals surface area contributed by atoms with Crippen molar-refractivity contribution in [1.82, 2.24) is 5.32 Å². The number of aliphatic hydroxyl groups excluding tert-OH is 1. The number of carbonyl (C=O) groups excluding carboxylic acids is 1. The largest absolute Gasteiger partial charge is 0.393 e. The van der Waals surface area contributed by atoms with Crippen LogP contribution in [0.2, 0.25) is 0 Å². The monoisotopic (exact) mass is 291 g/mol. The standard InChI is InChI=1S/C18H29NO2/c1-2-3-4-8-11-17(20)12-13-18(21)19-15-14-16-9-6-5-7-10-16/h5-7,9-10,17,20H,2-4,8,11-15H2,1H3,(H,19,21). The zero-order valence-corrected chi connectivity index (χ0v) is 13.2. The highest BCUT2D eigenvalue weighted by Gasteiger charge is 2.07. The van der Waals surface area contributed by atoms with Gasteiger partial charge in [0, 0.05) is 13.0 Å². The lowest BCUT2D eigenvalue weighted by Crippen LogP contribution is -2.26. The summed E-state index contributed by atoms with van der Waals surface area (Å²) in [5.41, 5.74) is 1.23. The average molecular weight is 291 g/mol. The van der Waals surface area contributed by atoms with Crippen LogP contribution in [0.15, 0.2) is 30.3 Å². The number of rotatable bonds is 11. The third-order valence-electron chi connectivity index (χ3n) is 3.67. The number of nitrogens with one attached hydrogen (secondary N) is 1. The van der Waals surface area contributed by atoms with E-state index in [1.807, 2.05) is 18.2 Å². The molecule has 0 spiro atoms. The fourth-order valence-corrected chi connectivity index (χ4v) is 2.33. The predicted molar refractivity (Wildman–Crippen MR) is 87.2 cm³/mol. The van der Waals surface area contributed by atoms with Crippen LogP contribution in [-0.4, -0.2) is 23.7 Å². The number of amides is 1. The van der Waals surface area contributed by atoms with Crippen molar-refractivity contribution in [2.75, 3.05) is 6.54 Å². The number of hydrogen-bond donors (Lipinski definition) is 2. The molecule has 0 saturated heterocycles. The van der Waals surface area contributed by atoms with Crippen LogP contribution in [0.3, 0.4) is 0 Å². The van der Waals surface area contributed by atoms with Gasteiger partial charge in [-0.25, -0.2) is 0 Å². The second-order valence-electron chi connectivity index (χ2n) is 5.63. The zero-order valence-electron chi connectivity index (χ0n) is 13.2. The minimum absolute atomic E-state index is 0.0403. The van der Waals surface area contributed by atoms with Gasteiger partial charge in [0.05, 0.1) is 6.10 Å². The van der Waals surface area contributed by atoms with Crippen LogP contribution in [0, 0.1) is 0 Å². The van der Waals surface area contributed by atoms with Gasteiger partial charge < -0.3 is 10.4 Å². The molecule has 1 atom stereocenters. The van der Waals surface area contributed by atoms with Crippen molar-refractivity contribution in [2.45, 2.75) is 64.4 Å². The van der Waals surface area contributed by atoms with Gasteiger partial charge in [0.1, 0.15) is 0 Å². The Kier molecular flexibility index (Phi) is 9.55. The normalized spacial score (nSPS) is 12.1. The van der Waals surface area contributed by atoms with Crippen molar-refractivity contribution in [3.05, 3.63) is 35.9 Å². The van der Waals surface area contributed by atoms with Crippen LogP contribution in [0.4, 0.5) is 0 Å². The number of benzene rings is 1. The maximum Gasteiger partial charge on any atom is 0.220 e. The second-order valence-corrected chi connectivity index (χ2v) is 5.63. The van der Waals surface area contributed by atoms with Gasteiger partial charge in [0.2, 0.25) is 5.91 Å². The Morgan fingerprint density at radius 2 is 1.90 bits per heavy atom. The summed E-state index contributed by atoms with van der Waals surface area (Å²) in [5.74, 6) is 0.0403. The smallest absolute Gasteiger partial charge is 0.220 e. The van der Waals surface area contributed by atoms with Crippen LogP contribution in [0.5, 0.6) is 0 Å². The van der Waals surface area contributed by atoms with Gasteiger partial charge in [-0.15, -0.1) is 0 Å². The van der Waals surface area contributed by atoms with Crippen LogP contribution in [0.1, 0.15) is 57.4 Å². The summed E-state index contributed by atoms with van der Waals surface area (Å²) in [6, 6.07) is 10.1. The van der Waals surface area contributed by atoms with E-state index in [4.69, 9.17) is 0 Å². The van der Waals surface area contributed by atoms with E-state index in [1.54, 1.807) is 0 Å². The van der Waals surface area contributed by atoms with Gasteiger partial charge in [-0.3, -0.25) is 4.79 Å². The molecule has 0 bridgehead atoms. The molecule has 1 amide bonds. The van der Waals surface area contributed by atoms with Crippen LogP contribution >= 0.6 is 0 Å². The summed E-state index contributed by atoms with van der Waals surface area (Å²) in [6.45, 7) is 2.84. The van der Waals surface area contributed by atoms with Crippen molar-refractivity contribution >= 4 is 5.91 Å². The molecule has 21 heavy (non-hydrogen) atoms. The first-order valence-corrected chi connectivity index (χ1v) is 8.21. The van der Waals surface area contributed by atoms with E-state index in [0.717, 1.165) is 19.3 Å². The molecule has 3 nitrogen and oxygen atoms in total. The lowest BCUT2D eigenvalue weighted by molar-refractivity contribution is -0.121. The zero-order chi connectivity index (χ0) is 15.3. The van der Waals surface area contributed by atoms with Gasteiger partial charge in [-0.2, -0.15) is 0 Å². The highest BCUT2D eigenvalue weighted by molar-refractivity contribution is 5.75. The fourth-order valence-electron chi connectivity index (χ4n) is 2.33. The maximum absolute atomic E-state index is 11.7. The number of carbonyl (C=O) groups is 1. The topological polar surface area (TPSA) is 49.3 Å². The van der Waals surface area contributed by atoms with Crippen molar-refractivity contribution < 1.29 is 9.90 Å². The molecule has 0 heterocycles. The average Bonchev–Trinajstić information content (AvgIpc) is 2.50. The molecular weight excluding hydrogens is 262 g/mol. The summed E-state index contributed by atoms with van der Waals surface area (Å²) in [7, 11) is 0. The second kappa shape index (κ2) is 11.3. The molecule has 1 aromatic carbocycles. The number of unbranched alkanes of at least 4 members (excludes halogenated alkanes) is 3. The Morgan fingerprint density at radius 1 is 1.14 bits per heavy atom. The lowest BCUT2D eigenvalue weighted by atomic mass is 10.1. The van der Waals surface area contributed by atoms with E-state index >= 15 is 0 Å². The lowest BCUT2D eigenvalue weighted by Gasteiger charge is -2.10. The Labute approximate surface area is 128 Å². The van der Waals surface area contributed by atoms with Crippen molar-refractivity contribution in [3.8, 4) is 0 Å². The Hall–Kier alpha value is -1.35.